The molecule has 0 aliphatic carbocycles. The molecule has 2 aromatic rings. The van der Waals surface area contributed by atoms with Gasteiger partial charge >= 0.3 is 0 Å². The Morgan fingerprint density at radius 3 is 2.65 bits per heavy atom. The van der Waals surface area contributed by atoms with Gasteiger partial charge in [-0.2, -0.15) is 0 Å². The van der Waals surface area contributed by atoms with E-state index < -0.39 is 0 Å². The second kappa shape index (κ2) is 7.03. The van der Waals surface area contributed by atoms with Crippen LogP contribution in [0.25, 0.3) is 6.08 Å². The molecule has 0 aliphatic rings. The minimum Gasteiger partial charge on any atom is -0.394 e. The van der Waals surface area contributed by atoms with Crippen LogP contribution < -0.4 is 5.32 Å². The van der Waals surface area contributed by atoms with Gasteiger partial charge in [-0.1, -0.05) is 30.3 Å². The fourth-order valence-corrected chi connectivity index (χ4v) is 2.62. The van der Waals surface area contributed by atoms with Gasteiger partial charge in [-0.15, -0.1) is 11.3 Å². The third-order valence-corrected chi connectivity index (χ3v) is 3.83. The molecule has 0 radical (unpaired) electrons. The molecule has 1 aromatic carbocycles. The first kappa shape index (κ1) is 14.5. The molecule has 0 saturated carbocycles. The van der Waals surface area contributed by atoms with E-state index in [9.17, 15) is 9.90 Å². The summed E-state index contributed by atoms with van der Waals surface area (Å²) in [7, 11) is 0. The van der Waals surface area contributed by atoms with Crippen LogP contribution in [0.15, 0.2) is 48.5 Å². The Kier molecular flexibility index (Phi) is 5.09. The molecule has 0 aliphatic heterocycles. The highest BCUT2D eigenvalue weighted by Crippen LogP contribution is 2.16. The molecule has 0 spiro atoms. The maximum absolute atomic E-state index is 11.9. The lowest BCUT2D eigenvalue weighted by atomic mass is 10.1. The molecule has 1 heterocycles. The molecule has 0 fully saturated rings. The smallest absolute Gasteiger partial charge is 0.244 e. The largest absolute Gasteiger partial charge is 0.394 e. The summed E-state index contributed by atoms with van der Waals surface area (Å²) in [4.78, 5) is 14.1. The van der Waals surface area contributed by atoms with Gasteiger partial charge in [0.2, 0.25) is 5.91 Å². The summed E-state index contributed by atoms with van der Waals surface area (Å²) in [5, 5.41) is 12.2. The number of carbonyl (C=O) groups is 1. The number of hydrogen-bond donors (Lipinski definition) is 2. The predicted octanol–water partition coefficient (Wildman–Crippen LogP) is 2.92. The first-order chi connectivity index (χ1) is 9.69. The first-order valence-electron chi connectivity index (χ1n) is 6.40. The van der Waals surface area contributed by atoms with Gasteiger partial charge in [0.05, 0.1) is 12.6 Å². The van der Waals surface area contributed by atoms with E-state index in [1.807, 2.05) is 49.4 Å². The van der Waals surface area contributed by atoms with Gasteiger partial charge < -0.3 is 10.4 Å². The van der Waals surface area contributed by atoms with Crippen molar-refractivity contribution in [1.29, 1.82) is 0 Å². The monoisotopic (exact) mass is 287 g/mol. The quantitative estimate of drug-likeness (QED) is 0.831. The van der Waals surface area contributed by atoms with Crippen molar-refractivity contribution in [1.82, 2.24) is 5.32 Å². The summed E-state index contributed by atoms with van der Waals surface area (Å²) in [5.41, 5.74) is 0.892. The molecule has 1 aromatic heterocycles. The fraction of sp³-hybridized carbons (Fsp3) is 0.188. The highest BCUT2D eigenvalue weighted by Gasteiger charge is 2.11. The van der Waals surface area contributed by atoms with Crippen LogP contribution in [0.5, 0.6) is 0 Å². The molecule has 0 bridgehead atoms. The minimum absolute atomic E-state index is 0.123. The molecule has 0 saturated heterocycles. The lowest BCUT2D eigenvalue weighted by Gasteiger charge is -2.15. The molecule has 2 rings (SSSR count). The van der Waals surface area contributed by atoms with Crippen LogP contribution in [0.3, 0.4) is 0 Å². The normalized spacial score (nSPS) is 12.5. The molecule has 2 N–H and O–H groups in total. The molecular weight excluding hydrogens is 270 g/mol. The molecule has 4 heteroatoms. The summed E-state index contributed by atoms with van der Waals surface area (Å²) >= 11 is 1.63. The molecule has 20 heavy (non-hydrogen) atoms. The summed E-state index contributed by atoms with van der Waals surface area (Å²) in [6.07, 6.45) is 3.28. The van der Waals surface area contributed by atoms with E-state index in [1.54, 1.807) is 17.4 Å². The molecule has 104 valence electrons. The Morgan fingerprint density at radius 1 is 1.30 bits per heavy atom. The van der Waals surface area contributed by atoms with Crippen LogP contribution in [0.2, 0.25) is 0 Å². The summed E-state index contributed by atoms with van der Waals surface area (Å²) in [5.74, 6) is -0.209. The van der Waals surface area contributed by atoms with E-state index in [4.69, 9.17) is 0 Å². The van der Waals surface area contributed by atoms with Crippen molar-refractivity contribution in [2.75, 3.05) is 6.61 Å². The van der Waals surface area contributed by atoms with Crippen molar-refractivity contribution in [3.05, 3.63) is 63.9 Å². The lowest BCUT2D eigenvalue weighted by Crippen LogP contribution is -2.29. The van der Waals surface area contributed by atoms with E-state index in [-0.39, 0.29) is 18.6 Å². The van der Waals surface area contributed by atoms with Gasteiger partial charge in [-0.25, -0.2) is 0 Å². The van der Waals surface area contributed by atoms with Crippen molar-refractivity contribution in [2.45, 2.75) is 13.0 Å². The third-order valence-electron chi connectivity index (χ3n) is 2.86. The van der Waals surface area contributed by atoms with Crippen molar-refractivity contribution in [3.8, 4) is 0 Å². The zero-order valence-electron chi connectivity index (χ0n) is 11.2. The second-order valence-electron chi connectivity index (χ2n) is 4.44. The van der Waals surface area contributed by atoms with Crippen LogP contribution in [0.1, 0.15) is 21.4 Å². The van der Waals surface area contributed by atoms with Crippen LogP contribution in [-0.4, -0.2) is 17.6 Å². The van der Waals surface area contributed by atoms with Gasteiger partial charge in [0, 0.05) is 15.8 Å². The number of nitrogens with one attached hydrogen (secondary N) is 1. The van der Waals surface area contributed by atoms with Gasteiger partial charge in [0.25, 0.3) is 0 Å². The molecule has 0 unspecified atom stereocenters. The number of aryl methyl sites for hydroxylation is 1. The van der Waals surface area contributed by atoms with E-state index in [2.05, 4.69) is 5.32 Å². The van der Waals surface area contributed by atoms with Gasteiger partial charge in [0.15, 0.2) is 0 Å². The van der Waals surface area contributed by atoms with E-state index in [0.717, 1.165) is 10.4 Å². The zero-order chi connectivity index (χ0) is 14.4. The Hall–Kier alpha value is -1.91. The maximum Gasteiger partial charge on any atom is 0.244 e. The Labute approximate surface area is 122 Å². The molecular formula is C16H17NO2S. The Bertz CT molecular complexity index is 590. The van der Waals surface area contributed by atoms with E-state index in [1.165, 1.54) is 11.0 Å². The second-order valence-corrected chi connectivity index (χ2v) is 5.76. The summed E-state index contributed by atoms with van der Waals surface area (Å²) < 4.78 is 0. The number of aliphatic hydroxyl groups excluding tert-OH is 1. The minimum atomic E-state index is -0.376. The Balaban J connectivity index is 1.98. The SMILES string of the molecule is Cc1ccc(/C=C/C(=O)N[C@H](CO)c2ccccc2)s1. The molecule has 3 nitrogen and oxygen atoms in total. The third kappa shape index (κ3) is 4.05. The Morgan fingerprint density at radius 2 is 2.05 bits per heavy atom. The number of hydrogen-bond acceptors (Lipinski definition) is 3. The standard InChI is InChI=1S/C16H17NO2S/c1-12-7-8-14(20-12)9-10-16(19)17-15(11-18)13-5-3-2-4-6-13/h2-10,15,18H,11H2,1H3,(H,17,19)/b10-9+/t15-/m1/s1. The number of rotatable bonds is 5. The van der Waals surface area contributed by atoms with E-state index in [0.29, 0.717) is 0 Å². The van der Waals surface area contributed by atoms with Crippen LogP contribution in [-0.2, 0) is 4.79 Å². The number of thiophene rings is 1. The highest BCUT2D eigenvalue weighted by molar-refractivity contribution is 7.12. The topological polar surface area (TPSA) is 49.3 Å². The van der Waals surface area contributed by atoms with Crippen LogP contribution in [0.4, 0.5) is 0 Å². The van der Waals surface area contributed by atoms with Crippen molar-refractivity contribution in [3.63, 3.8) is 0 Å². The van der Waals surface area contributed by atoms with Gasteiger partial charge in [-0.3, -0.25) is 4.79 Å². The van der Waals surface area contributed by atoms with Gasteiger partial charge in [-0.05, 0) is 30.7 Å². The average Bonchev–Trinajstić information content (AvgIpc) is 2.89. The predicted molar refractivity (Wildman–Crippen MR) is 82.5 cm³/mol. The summed E-state index contributed by atoms with van der Waals surface area (Å²) in [6.45, 7) is 1.90. The van der Waals surface area contributed by atoms with E-state index >= 15 is 0 Å². The lowest BCUT2D eigenvalue weighted by molar-refractivity contribution is -0.117. The first-order valence-corrected chi connectivity index (χ1v) is 7.21. The number of benzene rings is 1. The number of carbonyl (C=O) groups excluding carboxylic acids is 1. The fourth-order valence-electron chi connectivity index (χ4n) is 1.84. The van der Waals surface area contributed by atoms with Crippen molar-refractivity contribution >= 4 is 23.3 Å². The number of amides is 1. The maximum atomic E-state index is 11.9. The zero-order valence-corrected chi connectivity index (χ0v) is 12.1. The average molecular weight is 287 g/mol. The number of aliphatic hydroxyl groups is 1. The van der Waals surface area contributed by atoms with Crippen molar-refractivity contribution in [2.24, 2.45) is 0 Å². The molecule has 1 amide bonds. The highest BCUT2D eigenvalue weighted by atomic mass is 32.1. The molecule has 1 atom stereocenters. The van der Waals surface area contributed by atoms with Crippen LogP contribution in [0, 0.1) is 6.92 Å². The van der Waals surface area contributed by atoms with Crippen LogP contribution >= 0.6 is 11.3 Å². The van der Waals surface area contributed by atoms with Crippen molar-refractivity contribution < 1.29 is 9.90 Å². The summed E-state index contributed by atoms with van der Waals surface area (Å²) in [6, 6.07) is 13.1. The van der Waals surface area contributed by atoms with Gasteiger partial charge in [0.1, 0.15) is 0 Å².